The molecule has 0 radical (unpaired) electrons. The van der Waals surface area contributed by atoms with E-state index < -0.39 is 5.60 Å². The predicted molar refractivity (Wildman–Crippen MR) is 61.6 cm³/mol. The first-order valence-electron chi connectivity index (χ1n) is 6.03. The van der Waals surface area contributed by atoms with Crippen molar-refractivity contribution in [1.82, 2.24) is 10.5 Å². The van der Waals surface area contributed by atoms with Crippen molar-refractivity contribution in [3.63, 3.8) is 0 Å². The van der Waals surface area contributed by atoms with Crippen molar-refractivity contribution in [3.05, 3.63) is 17.5 Å². The van der Waals surface area contributed by atoms with E-state index in [-0.39, 0.29) is 5.91 Å². The largest absolute Gasteiger partial charge is 0.388 e. The van der Waals surface area contributed by atoms with Crippen LogP contribution in [0.4, 0.5) is 0 Å². The fraction of sp³-hybridized carbons (Fsp3) is 0.667. The molecule has 0 saturated heterocycles. The van der Waals surface area contributed by atoms with E-state index in [9.17, 15) is 9.90 Å². The molecule has 1 heterocycles. The molecular formula is C12H18N2O3. The summed E-state index contributed by atoms with van der Waals surface area (Å²) < 4.78 is 4.83. The van der Waals surface area contributed by atoms with Gasteiger partial charge in [-0.1, -0.05) is 24.4 Å². The summed E-state index contributed by atoms with van der Waals surface area (Å²) in [5.41, 5.74) is -0.302. The number of nitrogens with one attached hydrogen (secondary N) is 1. The van der Waals surface area contributed by atoms with Crippen LogP contribution in [-0.2, 0) is 0 Å². The minimum Gasteiger partial charge on any atom is -0.388 e. The first kappa shape index (κ1) is 12.1. The minimum atomic E-state index is -0.737. The molecule has 1 aliphatic rings. The molecular weight excluding hydrogens is 220 g/mol. The summed E-state index contributed by atoms with van der Waals surface area (Å²) in [6, 6.07) is 0. The second kappa shape index (κ2) is 4.87. The van der Waals surface area contributed by atoms with Crippen LogP contribution in [0.5, 0.6) is 0 Å². The van der Waals surface area contributed by atoms with E-state index in [0.717, 1.165) is 25.7 Å². The van der Waals surface area contributed by atoms with E-state index in [1.165, 1.54) is 12.6 Å². The fourth-order valence-electron chi connectivity index (χ4n) is 2.24. The molecule has 94 valence electrons. The van der Waals surface area contributed by atoms with Gasteiger partial charge in [0.15, 0.2) is 0 Å². The van der Waals surface area contributed by atoms with Crippen LogP contribution in [0.2, 0.25) is 0 Å². The van der Waals surface area contributed by atoms with Crippen molar-refractivity contribution < 1.29 is 14.4 Å². The number of nitrogens with zero attached hydrogens (tertiary/aromatic N) is 1. The predicted octanol–water partition coefficient (Wildman–Crippen LogP) is 1.41. The Kier molecular flexibility index (Phi) is 3.47. The standard InChI is InChI=1S/C12H18N2O3/c1-9-10(7-14-17-9)11(15)13-8-12(16)5-3-2-4-6-12/h7,16H,2-6,8H2,1H3,(H,13,15). The molecule has 0 spiro atoms. The van der Waals surface area contributed by atoms with Crippen molar-refractivity contribution in [2.24, 2.45) is 0 Å². The van der Waals surface area contributed by atoms with Gasteiger partial charge in [0.05, 0.1) is 11.8 Å². The highest BCUT2D eigenvalue weighted by atomic mass is 16.5. The Balaban J connectivity index is 1.90. The first-order valence-corrected chi connectivity index (χ1v) is 6.03. The number of hydrogen-bond donors (Lipinski definition) is 2. The van der Waals surface area contributed by atoms with Crippen LogP contribution >= 0.6 is 0 Å². The normalized spacial score (nSPS) is 18.9. The molecule has 1 aromatic rings. The molecule has 5 nitrogen and oxygen atoms in total. The average molecular weight is 238 g/mol. The lowest BCUT2D eigenvalue weighted by molar-refractivity contribution is 0.00524. The maximum atomic E-state index is 11.8. The molecule has 0 unspecified atom stereocenters. The van der Waals surface area contributed by atoms with Crippen LogP contribution in [0.3, 0.4) is 0 Å². The van der Waals surface area contributed by atoms with Crippen LogP contribution in [0.15, 0.2) is 10.7 Å². The zero-order valence-corrected chi connectivity index (χ0v) is 10.0. The minimum absolute atomic E-state index is 0.234. The van der Waals surface area contributed by atoms with Crippen LogP contribution in [0, 0.1) is 6.92 Å². The number of aryl methyl sites for hydroxylation is 1. The van der Waals surface area contributed by atoms with Crippen LogP contribution in [0.25, 0.3) is 0 Å². The van der Waals surface area contributed by atoms with Gasteiger partial charge in [0, 0.05) is 6.54 Å². The smallest absolute Gasteiger partial charge is 0.256 e. The van der Waals surface area contributed by atoms with Gasteiger partial charge in [0.2, 0.25) is 0 Å². The van der Waals surface area contributed by atoms with Gasteiger partial charge in [-0.25, -0.2) is 0 Å². The summed E-state index contributed by atoms with van der Waals surface area (Å²) in [7, 11) is 0. The SMILES string of the molecule is Cc1oncc1C(=O)NCC1(O)CCCCC1. The zero-order chi connectivity index (χ0) is 12.3. The van der Waals surface area contributed by atoms with Gasteiger partial charge in [-0.3, -0.25) is 4.79 Å². The van der Waals surface area contributed by atoms with Gasteiger partial charge in [-0.15, -0.1) is 0 Å². The Morgan fingerprint density at radius 3 is 2.82 bits per heavy atom. The molecule has 0 atom stereocenters. The molecule has 0 bridgehead atoms. The molecule has 1 saturated carbocycles. The summed E-state index contributed by atoms with van der Waals surface area (Å²) in [5.74, 6) is 0.265. The number of carbonyl (C=O) groups excluding carboxylic acids is 1. The van der Waals surface area contributed by atoms with E-state index in [1.807, 2.05) is 0 Å². The van der Waals surface area contributed by atoms with Gasteiger partial charge < -0.3 is 14.9 Å². The highest BCUT2D eigenvalue weighted by Gasteiger charge is 2.29. The van der Waals surface area contributed by atoms with Crippen molar-refractivity contribution in [1.29, 1.82) is 0 Å². The van der Waals surface area contributed by atoms with Gasteiger partial charge >= 0.3 is 0 Å². The summed E-state index contributed by atoms with van der Waals surface area (Å²) in [6.07, 6.45) is 6.14. The van der Waals surface area contributed by atoms with Gasteiger partial charge in [0.1, 0.15) is 11.3 Å². The molecule has 1 aromatic heterocycles. The molecule has 1 amide bonds. The number of aromatic nitrogens is 1. The summed E-state index contributed by atoms with van der Waals surface area (Å²) in [4.78, 5) is 11.8. The third-order valence-corrected chi connectivity index (χ3v) is 3.36. The van der Waals surface area contributed by atoms with Crippen LogP contribution < -0.4 is 5.32 Å². The molecule has 0 aliphatic heterocycles. The van der Waals surface area contributed by atoms with E-state index in [1.54, 1.807) is 6.92 Å². The van der Waals surface area contributed by atoms with Gasteiger partial charge in [0.25, 0.3) is 5.91 Å². The van der Waals surface area contributed by atoms with Crippen molar-refractivity contribution in [3.8, 4) is 0 Å². The number of hydrogen-bond acceptors (Lipinski definition) is 4. The molecule has 2 rings (SSSR count). The number of carbonyl (C=O) groups is 1. The van der Waals surface area contributed by atoms with E-state index in [0.29, 0.717) is 17.9 Å². The molecule has 5 heteroatoms. The van der Waals surface area contributed by atoms with Gasteiger partial charge in [-0.05, 0) is 19.8 Å². The quantitative estimate of drug-likeness (QED) is 0.834. The topological polar surface area (TPSA) is 75.4 Å². The highest BCUT2D eigenvalue weighted by molar-refractivity contribution is 5.94. The molecule has 1 aliphatic carbocycles. The Bertz CT molecular complexity index is 394. The number of rotatable bonds is 3. The number of amides is 1. The van der Waals surface area contributed by atoms with Crippen molar-refractivity contribution in [2.45, 2.75) is 44.6 Å². The molecule has 1 fully saturated rings. The summed E-state index contributed by atoms with van der Waals surface area (Å²) >= 11 is 0. The highest BCUT2D eigenvalue weighted by Crippen LogP contribution is 2.27. The number of aliphatic hydroxyl groups is 1. The van der Waals surface area contributed by atoms with E-state index in [4.69, 9.17) is 4.52 Å². The third kappa shape index (κ3) is 2.85. The Morgan fingerprint density at radius 2 is 2.24 bits per heavy atom. The van der Waals surface area contributed by atoms with Crippen LogP contribution in [-0.4, -0.2) is 28.3 Å². The zero-order valence-electron chi connectivity index (χ0n) is 10.0. The van der Waals surface area contributed by atoms with E-state index in [2.05, 4.69) is 10.5 Å². The Morgan fingerprint density at radius 1 is 1.53 bits per heavy atom. The summed E-state index contributed by atoms with van der Waals surface area (Å²) in [5, 5.41) is 16.5. The lowest BCUT2D eigenvalue weighted by Gasteiger charge is -2.32. The monoisotopic (exact) mass is 238 g/mol. The molecule has 2 N–H and O–H groups in total. The van der Waals surface area contributed by atoms with Crippen molar-refractivity contribution >= 4 is 5.91 Å². The third-order valence-electron chi connectivity index (χ3n) is 3.36. The molecule has 17 heavy (non-hydrogen) atoms. The Labute approximate surface area is 100 Å². The van der Waals surface area contributed by atoms with E-state index >= 15 is 0 Å². The van der Waals surface area contributed by atoms with Gasteiger partial charge in [-0.2, -0.15) is 0 Å². The van der Waals surface area contributed by atoms with Crippen LogP contribution in [0.1, 0.15) is 48.2 Å². The maximum Gasteiger partial charge on any atom is 0.256 e. The summed E-state index contributed by atoms with van der Waals surface area (Å²) in [6.45, 7) is 1.99. The lowest BCUT2D eigenvalue weighted by Crippen LogP contribution is -2.44. The first-order chi connectivity index (χ1) is 8.11. The Hall–Kier alpha value is -1.36. The lowest BCUT2D eigenvalue weighted by atomic mass is 9.85. The van der Waals surface area contributed by atoms with Crippen molar-refractivity contribution in [2.75, 3.05) is 6.54 Å². The second-order valence-electron chi connectivity index (χ2n) is 4.76. The molecule has 0 aromatic carbocycles. The fourth-order valence-corrected chi connectivity index (χ4v) is 2.24. The maximum absolute atomic E-state index is 11.8. The second-order valence-corrected chi connectivity index (χ2v) is 4.76. The average Bonchev–Trinajstić information content (AvgIpc) is 2.74.